The van der Waals surface area contributed by atoms with E-state index in [1.807, 2.05) is 0 Å². The van der Waals surface area contributed by atoms with Crippen LogP contribution >= 0.6 is 0 Å². The predicted molar refractivity (Wildman–Crippen MR) is 71.2 cm³/mol. The van der Waals surface area contributed by atoms with Crippen LogP contribution in [-0.2, 0) is 9.53 Å². The van der Waals surface area contributed by atoms with E-state index in [2.05, 4.69) is 12.2 Å². The Labute approximate surface area is 110 Å². The zero-order valence-electron chi connectivity index (χ0n) is 11.4. The van der Waals surface area contributed by atoms with Crippen molar-refractivity contribution in [3.63, 3.8) is 0 Å². The Kier molecular flexibility index (Phi) is 4.62. The fraction of sp³-hybridized carbons (Fsp3) is 0.929. The number of carbonyl (C=O) groups excluding carboxylic acids is 1. The molecule has 1 aliphatic heterocycles. The Hall–Kier alpha value is -0.610. The Bertz CT molecular complexity index is 290. The van der Waals surface area contributed by atoms with Crippen LogP contribution in [0.15, 0.2) is 0 Å². The quantitative estimate of drug-likeness (QED) is 0.803. The van der Waals surface area contributed by atoms with Gasteiger partial charge in [-0.25, -0.2) is 0 Å². The summed E-state index contributed by atoms with van der Waals surface area (Å²) < 4.78 is 5.61. The van der Waals surface area contributed by atoms with E-state index in [1.165, 1.54) is 12.8 Å². The summed E-state index contributed by atoms with van der Waals surface area (Å²) in [4.78, 5) is 12.2. The van der Waals surface area contributed by atoms with Gasteiger partial charge in [-0.2, -0.15) is 0 Å². The third kappa shape index (κ3) is 3.45. The molecule has 3 unspecified atom stereocenters. The number of amides is 1. The number of nitrogens with two attached hydrogens (primary N) is 1. The Balaban J connectivity index is 1.79. The fourth-order valence-electron chi connectivity index (χ4n) is 3.15. The van der Waals surface area contributed by atoms with Crippen molar-refractivity contribution in [2.75, 3.05) is 13.2 Å². The van der Waals surface area contributed by atoms with Gasteiger partial charge in [0.05, 0.1) is 11.6 Å². The lowest BCUT2D eigenvalue weighted by Gasteiger charge is -2.35. The van der Waals surface area contributed by atoms with Crippen molar-refractivity contribution < 1.29 is 9.53 Å². The molecule has 1 heterocycles. The van der Waals surface area contributed by atoms with E-state index in [0.29, 0.717) is 12.5 Å². The molecule has 0 radical (unpaired) electrons. The molecule has 0 aromatic heterocycles. The lowest BCUT2D eigenvalue weighted by atomic mass is 9.76. The zero-order chi connectivity index (χ0) is 13.0. The van der Waals surface area contributed by atoms with E-state index in [0.717, 1.165) is 38.7 Å². The molecule has 4 heteroatoms. The van der Waals surface area contributed by atoms with Crippen molar-refractivity contribution in [1.29, 1.82) is 0 Å². The molecule has 2 aliphatic rings. The first kappa shape index (κ1) is 13.8. The monoisotopic (exact) mass is 254 g/mol. The zero-order valence-corrected chi connectivity index (χ0v) is 11.4. The maximum absolute atomic E-state index is 12.2. The normalized spacial score (nSPS) is 37.2. The van der Waals surface area contributed by atoms with Crippen molar-refractivity contribution in [2.45, 2.75) is 63.5 Å². The van der Waals surface area contributed by atoms with Crippen LogP contribution in [0.25, 0.3) is 0 Å². The molecule has 3 N–H and O–H groups in total. The molecular weight excluding hydrogens is 228 g/mol. The van der Waals surface area contributed by atoms with Crippen molar-refractivity contribution >= 4 is 5.91 Å². The van der Waals surface area contributed by atoms with Gasteiger partial charge in [-0.05, 0) is 38.0 Å². The first-order chi connectivity index (χ1) is 8.60. The van der Waals surface area contributed by atoms with Gasteiger partial charge in [0.15, 0.2) is 0 Å². The minimum Gasteiger partial charge on any atom is -0.376 e. The minimum absolute atomic E-state index is 0.0169. The molecule has 0 aromatic carbocycles. The molecule has 2 rings (SSSR count). The van der Waals surface area contributed by atoms with Crippen LogP contribution in [0.1, 0.15) is 51.9 Å². The first-order valence-corrected chi connectivity index (χ1v) is 7.29. The highest BCUT2D eigenvalue weighted by molar-refractivity contribution is 5.86. The highest BCUT2D eigenvalue weighted by Gasteiger charge is 2.37. The van der Waals surface area contributed by atoms with Gasteiger partial charge in [0.2, 0.25) is 5.91 Å². The fourth-order valence-corrected chi connectivity index (χ4v) is 3.15. The van der Waals surface area contributed by atoms with E-state index in [1.54, 1.807) is 0 Å². The van der Waals surface area contributed by atoms with Crippen LogP contribution in [-0.4, -0.2) is 30.7 Å². The van der Waals surface area contributed by atoms with Gasteiger partial charge in [0.25, 0.3) is 0 Å². The molecule has 18 heavy (non-hydrogen) atoms. The van der Waals surface area contributed by atoms with Gasteiger partial charge in [0.1, 0.15) is 0 Å². The summed E-state index contributed by atoms with van der Waals surface area (Å²) in [6, 6.07) is 0. The second-order valence-electron chi connectivity index (χ2n) is 6.06. The van der Waals surface area contributed by atoms with Crippen molar-refractivity contribution in [2.24, 2.45) is 11.7 Å². The first-order valence-electron chi connectivity index (χ1n) is 7.29. The SMILES string of the molecule is CC1CCCC(N)(C(=O)NCC2CCCCO2)C1. The number of carbonyl (C=O) groups is 1. The van der Waals surface area contributed by atoms with Gasteiger partial charge in [-0.1, -0.05) is 19.8 Å². The van der Waals surface area contributed by atoms with Gasteiger partial charge >= 0.3 is 0 Å². The topological polar surface area (TPSA) is 64.4 Å². The standard InChI is InChI=1S/C14H26N2O2/c1-11-5-4-7-14(15,9-11)13(17)16-10-12-6-2-3-8-18-12/h11-12H,2-10,15H2,1H3,(H,16,17). The molecule has 2 fully saturated rings. The Morgan fingerprint density at radius 1 is 1.39 bits per heavy atom. The van der Waals surface area contributed by atoms with Crippen LogP contribution < -0.4 is 11.1 Å². The number of rotatable bonds is 3. The number of nitrogens with one attached hydrogen (secondary N) is 1. The van der Waals surface area contributed by atoms with E-state index < -0.39 is 5.54 Å². The summed E-state index contributed by atoms with van der Waals surface area (Å²) in [7, 11) is 0. The van der Waals surface area contributed by atoms with Crippen molar-refractivity contribution in [1.82, 2.24) is 5.32 Å². The van der Waals surface area contributed by atoms with Gasteiger partial charge in [-0.3, -0.25) is 4.79 Å². The van der Waals surface area contributed by atoms with E-state index in [9.17, 15) is 4.79 Å². The highest BCUT2D eigenvalue weighted by atomic mass is 16.5. The summed E-state index contributed by atoms with van der Waals surface area (Å²) in [5, 5.41) is 2.99. The molecule has 1 amide bonds. The average Bonchev–Trinajstić information content (AvgIpc) is 2.37. The summed E-state index contributed by atoms with van der Waals surface area (Å²) in [6.45, 7) is 3.62. The second-order valence-corrected chi connectivity index (χ2v) is 6.06. The van der Waals surface area contributed by atoms with E-state index in [4.69, 9.17) is 10.5 Å². The summed E-state index contributed by atoms with van der Waals surface area (Å²) >= 11 is 0. The summed E-state index contributed by atoms with van der Waals surface area (Å²) in [5.74, 6) is 0.573. The van der Waals surface area contributed by atoms with Crippen LogP contribution in [0.2, 0.25) is 0 Å². The maximum atomic E-state index is 12.2. The molecule has 0 aromatic rings. The molecule has 4 nitrogen and oxygen atoms in total. The van der Waals surface area contributed by atoms with Gasteiger partial charge in [0, 0.05) is 13.2 Å². The van der Waals surface area contributed by atoms with Crippen molar-refractivity contribution in [3.05, 3.63) is 0 Å². The minimum atomic E-state index is -0.646. The van der Waals surface area contributed by atoms with Crippen molar-refractivity contribution in [3.8, 4) is 0 Å². The molecule has 104 valence electrons. The van der Waals surface area contributed by atoms with Gasteiger partial charge in [-0.15, -0.1) is 0 Å². The van der Waals surface area contributed by atoms with Crippen LogP contribution in [0.5, 0.6) is 0 Å². The van der Waals surface area contributed by atoms with E-state index in [-0.39, 0.29) is 12.0 Å². The second kappa shape index (κ2) is 6.02. The molecule has 0 spiro atoms. The Morgan fingerprint density at radius 3 is 2.89 bits per heavy atom. The van der Waals surface area contributed by atoms with Gasteiger partial charge < -0.3 is 15.8 Å². The lowest BCUT2D eigenvalue weighted by molar-refractivity contribution is -0.129. The molecule has 3 atom stereocenters. The predicted octanol–water partition coefficient (Wildman–Crippen LogP) is 1.58. The van der Waals surface area contributed by atoms with Crippen LogP contribution in [0.4, 0.5) is 0 Å². The summed E-state index contributed by atoms with van der Waals surface area (Å²) in [5.41, 5.74) is 5.61. The number of ether oxygens (including phenoxy) is 1. The van der Waals surface area contributed by atoms with E-state index >= 15 is 0 Å². The third-order valence-electron chi connectivity index (χ3n) is 4.25. The Morgan fingerprint density at radius 2 is 2.22 bits per heavy atom. The molecule has 0 bridgehead atoms. The number of hydrogen-bond donors (Lipinski definition) is 2. The lowest BCUT2D eigenvalue weighted by Crippen LogP contribution is -2.57. The molecule has 1 saturated carbocycles. The largest absolute Gasteiger partial charge is 0.376 e. The average molecular weight is 254 g/mol. The van der Waals surface area contributed by atoms with Crippen LogP contribution in [0.3, 0.4) is 0 Å². The highest BCUT2D eigenvalue weighted by Crippen LogP contribution is 2.30. The summed E-state index contributed by atoms with van der Waals surface area (Å²) in [6.07, 6.45) is 7.46. The third-order valence-corrected chi connectivity index (χ3v) is 4.25. The van der Waals surface area contributed by atoms with Crippen LogP contribution in [0, 0.1) is 5.92 Å². The number of hydrogen-bond acceptors (Lipinski definition) is 3. The maximum Gasteiger partial charge on any atom is 0.240 e. The molecular formula is C14H26N2O2. The smallest absolute Gasteiger partial charge is 0.240 e. The molecule has 1 aliphatic carbocycles. The molecule has 1 saturated heterocycles.